The molecule has 1 atom stereocenters. The highest BCUT2D eigenvalue weighted by atomic mass is 31.0. The van der Waals surface area contributed by atoms with E-state index in [9.17, 15) is 4.79 Å². The van der Waals surface area contributed by atoms with Gasteiger partial charge >= 0.3 is 0 Å². The van der Waals surface area contributed by atoms with Crippen LogP contribution in [0.1, 0.15) is 13.8 Å². The smallest absolute Gasteiger partial charge is 0.161 e. The fourth-order valence-corrected chi connectivity index (χ4v) is 0.814. The van der Waals surface area contributed by atoms with Gasteiger partial charge in [0.05, 0.1) is 13.1 Å². The lowest BCUT2D eigenvalue weighted by Gasteiger charge is -2.22. The molecule has 2 nitrogen and oxygen atoms in total. The fraction of sp³-hybridized carbons (Fsp3) is 0.800. The van der Waals surface area contributed by atoms with E-state index in [-0.39, 0.29) is 0 Å². The molecule has 0 aromatic heterocycles. The second kappa shape index (κ2) is 3.99. The molecule has 0 aromatic rings. The minimum Gasteiger partial charge on any atom is -0.297 e. The first-order chi connectivity index (χ1) is 3.79. The highest BCUT2D eigenvalue weighted by Gasteiger charge is 2.17. The van der Waals surface area contributed by atoms with E-state index in [1.807, 2.05) is 18.5 Å². The maximum atomic E-state index is 10.1. The van der Waals surface area contributed by atoms with E-state index in [0.29, 0.717) is 18.9 Å². The molecule has 0 radical (unpaired) electrons. The third-order valence-corrected chi connectivity index (χ3v) is 1.12. The lowest BCUT2D eigenvalue weighted by molar-refractivity contribution is -0.124. The van der Waals surface area contributed by atoms with Gasteiger partial charge in [-0.1, -0.05) is 23.2 Å². The van der Waals surface area contributed by atoms with E-state index in [0.717, 1.165) is 0 Å². The van der Waals surface area contributed by atoms with E-state index < -0.39 is 0 Å². The lowest BCUT2D eigenvalue weighted by Crippen LogP contribution is -2.39. The van der Waals surface area contributed by atoms with E-state index in [1.165, 1.54) is 0 Å². The van der Waals surface area contributed by atoms with Gasteiger partial charge in [-0.15, -0.1) is 0 Å². The highest BCUT2D eigenvalue weighted by Crippen LogP contribution is 2.05. The maximum absolute atomic E-state index is 10.1. The average Bonchev–Trinajstić information content (AvgIpc) is 1.70. The number of nitrogens with zero attached hydrogens (tertiary/aromatic N) is 1. The van der Waals surface area contributed by atoms with Gasteiger partial charge in [0.1, 0.15) is 0 Å². The molecular formula is C5H12NOP. The third-order valence-electron chi connectivity index (χ3n) is 0.759. The molecule has 3 heteroatoms. The van der Waals surface area contributed by atoms with Crippen LogP contribution in [0.5, 0.6) is 0 Å². The van der Waals surface area contributed by atoms with E-state index in [4.69, 9.17) is 0 Å². The van der Waals surface area contributed by atoms with Crippen LogP contribution in [0.3, 0.4) is 0 Å². The van der Waals surface area contributed by atoms with Gasteiger partial charge < -0.3 is 0 Å². The summed E-state index contributed by atoms with van der Waals surface area (Å²) in [7, 11) is 2.46. The SMILES string of the molecule is CC.O=C1CN(P)C1. The number of carbonyl (C=O) groups is 1. The third kappa shape index (κ3) is 2.39. The Bertz CT molecular complexity index is 76.5. The average molecular weight is 133 g/mol. The first kappa shape index (κ1) is 8.06. The van der Waals surface area contributed by atoms with Gasteiger partial charge in [0.2, 0.25) is 0 Å². The van der Waals surface area contributed by atoms with Crippen LogP contribution in [0.2, 0.25) is 0 Å². The number of ketones is 1. The van der Waals surface area contributed by atoms with Crippen LogP contribution in [0.15, 0.2) is 0 Å². The highest BCUT2D eigenvalue weighted by molar-refractivity contribution is 7.13. The van der Waals surface area contributed by atoms with Crippen LogP contribution < -0.4 is 0 Å². The quantitative estimate of drug-likeness (QED) is 0.453. The minimum absolute atomic E-state index is 0.338. The lowest BCUT2D eigenvalue weighted by atomic mass is 10.3. The summed E-state index contributed by atoms with van der Waals surface area (Å²) in [4.78, 5) is 10.1. The molecule has 1 unspecified atom stereocenters. The summed E-state index contributed by atoms with van der Waals surface area (Å²) in [5.74, 6) is 0.338. The Kier molecular flexibility index (Phi) is 4.02. The second-order valence-electron chi connectivity index (χ2n) is 1.44. The molecule has 1 aliphatic heterocycles. The predicted molar refractivity (Wildman–Crippen MR) is 37.6 cm³/mol. The van der Waals surface area contributed by atoms with Crippen molar-refractivity contribution < 1.29 is 4.79 Å². The molecule has 8 heavy (non-hydrogen) atoms. The van der Waals surface area contributed by atoms with Gasteiger partial charge in [-0.25, -0.2) is 0 Å². The fourth-order valence-electron chi connectivity index (χ4n) is 0.407. The van der Waals surface area contributed by atoms with Crippen molar-refractivity contribution in [2.45, 2.75) is 13.8 Å². The second-order valence-corrected chi connectivity index (χ2v) is 2.17. The van der Waals surface area contributed by atoms with Crippen molar-refractivity contribution in [2.24, 2.45) is 0 Å². The Morgan fingerprint density at radius 1 is 1.50 bits per heavy atom. The van der Waals surface area contributed by atoms with E-state index >= 15 is 0 Å². The van der Waals surface area contributed by atoms with Crippen LogP contribution in [-0.2, 0) is 4.79 Å². The molecule has 0 aliphatic carbocycles. The summed E-state index contributed by atoms with van der Waals surface area (Å²) in [6.45, 7) is 5.26. The molecule has 1 aliphatic rings. The molecule has 1 fully saturated rings. The van der Waals surface area contributed by atoms with Crippen LogP contribution in [0, 0.1) is 0 Å². The topological polar surface area (TPSA) is 20.3 Å². The van der Waals surface area contributed by atoms with Gasteiger partial charge in [0.25, 0.3) is 0 Å². The van der Waals surface area contributed by atoms with Gasteiger partial charge in [0.15, 0.2) is 5.78 Å². The first-order valence-corrected chi connectivity index (χ1v) is 3.32. The zero-order chi connectivity index (χ0) is 6.57. The number of hydrogen-bond acceptors (Lipinski definition) is 2. The summed E-state index contributed by atoms with van der Waals surface area (Å²) in [5, 5.41) is 0. The predicted octanol–water partition coefficient (Wildman–Crippen LogP) is 0.687. The van der Waals surface area contributed by atoms with Crippen molar-refractivity contribution in [3.8, 4) is 0 Å². The molecule has 1 saturated heterocycles. The molecule has 0 aromatic carbocycles. The summed E-state index contributed by atoms with van der Waals surface area (Å²) >= 11 is 0. The van der Waals surface area contributed by atoms with Crippen LogP contribution >= 0.6 is 9.39 Å². The summed E-state index contributed by atoms with van der Waals surface area (Å²) in [6, 6.07) is 0. The van der Waals surface area contributed by atoms with Crippen molar-refractivity contribution in [3.05, 3.63) is 0 Å². The monoisotopic (exact) mass is 133 g/mol. The van der Waals surface area contributed by atoms with Gasteiger partial charge in [-0.3, -0.25) is 9.46 Å². The number of Topliss-reactive ketones (excluding diaryl/α,β-unsaturated/α-hetero) is 1. The molecule has 1 rings (SSSR count). The van der Waals surface area contributed by atoms with Crippen molar-refractivity contribution in [3.63, 3.8) is 0 Å². The summed E-state index contributed by atoms with van der Waals surface area (Å²) in [5.41, 5.74) is 0. The first-order valence-electron chi connectivity index (χ1n) is 2.80. The van der Waals surface area contributed by atoms with Crippen LogP contribution in [0.4, 0.5) is 0 Å². The van der Waals surface area contributed by atoms with Crippen molar-refractivity contribution >= 4 is 15.2 Å². The molecule has 1 heterocycles. The Hall–Kier alpha value is 0.0600. The summed E-state index contributed by atoms with van der Waals surface area (Å²) in [6.07, 6.45) is 0. The van der Waals surface area contributed by atoms with Crippen molar-refractivity contribution in [1.29, 1.82) is 0 Å². The normalized spacial score (nSPS) is 18.6. The van der Waals surface area contributed by atoms with Crippen molar-refractivity contribution in [1.82, 2.24) is 4.67 Å². The molecular weight excluding hydrogens is 121 g/mol. The molecule has 48 valence electrons. The molecule has 0 saturated carbocycles. The number of rotatable bonds is 0. The Balaban J connectivity index is 0.000000222. The Labute approximate surface area is 52.5 Å². The molecule has 0 bridgehead atoms. The molecule has 0 N–H and O–H groups in total. The van der Waals surface area contributed by atoms with Crippen molar-refractivity contribution in [2.75, 3.05) is 13.1 Å². The van der Waals surface area contributed by atoms with Crippen LogP contribution in [0.25, 0.3) is 0 Å². The van der Waals surface area contributed by atoms with Gasteiger partial charge in [-0.2, -0.15) is 0 Å². The van der Waals surface area contributed by atoms with Gasteiger partial charge in [-0.05, 0) is 0 Å². The standard InChI is InChI=1S/C3H6NOP.C2H6/c5-3-1-4(6)2-3;1-2/h1-2,6H2;1-2H3. The number of carbonyl (C=O) groups excluding carboxylic acids is 1. The molecule has 0 amide bonds. The molecule has 0 spiro atoms. The Morgan fingerprint density at radius 3 is 1.88 bits per heavy atom. The van der Waals surface area contributed by atoms with Gasteiger partial charge in [0, 0.05) is 0 Å². The zero-order valence-electron chi connectivity index (χ0n) is 5.35. The minimum atomic E-state index is 0.338. The van der Waals surface area contributed by atoms with E-state index in [2.05, 4.69) is 9.39 Å². The Morgan fingerprint density at radius 2 is 1.88 bits per heavy atom. The van der Waals surface area contributed by atoms with Crippen LogP contribution in [-0.4, -0.2) is 23.5 Å². The number of hydrogen-bond donors (Lipinski definition) is 0. The largest absolute Gasteiger partial charge is 0.297 e. The summed E-state index contributed by atoms with van der Waals surface area (Å²) < 4.78 is 1.89. The zero-order valence-corrected chi connectivity index (χ0v) is 6.50. The maximum Gasteiger partial charge on any atom is 0.161 e. The van der Waals surface area contributed by atoms with E-state index in [1.54, 1.807) is 0 Å².